The van der Waals surface area contributed by atoms with Crippen molar-refractivity contribution in [3.8, 4) is 6.07 Å². The number of carbonyl (C=O) groups excluding carboxylic acids is 2. The molecule has 23 heavy (non-hydrogen) atoms. The molecule has 1 rings (SSSR count). The molecule has 0 aliphatic carbocycles. The van der Waals surface area contributed by atoms with Gasteiger partial charge in [0.15, 0.2) is 0 Å². The molecule has 1 amide bonds. The number of carbonyl (C=O) groups is 2. The Morgan fingerprint density at radius 1 is 1.30 bits per heavy atom. The molecular formula is C17H23N3O3. The van der Waals surface area contributed by atoms with E-state index in [0.717, 1.165) is 24.2 Å². The maximum absolute atomic E-state index is 12.3. The molecule has 0 saturated carbocycles. The number of hydrogen-bond acceptors (Lipinski definition) is 5. The summed E-state index contributed by atoms with van der Waals surface area (Å²) in [6.07, 6.45) is 0. The minimum Gasteiger partial charge on any atom is -0.465 e. The van der Waals surface area contributed by atoms with Crippen molar-refractivity contribution in [2.75, 3.05) is 32.1 Å². The zero-order chi connectivity index (χ0) is 17.6. The lowest BCUT2D eigenvalue weighted by atomic mass is 9.97. The Morgan fingerprint density at radius 2 is 1.91 bits per heavy atom. The van der Waals surface area contributed by atoms with Crippen molar-refractivity contribution in [1.29, 1.82) is 5.26 Å². The van der Waals surface area contributed by atoms with Crippen molar-refractivity contribution in [2.24, 2.45) is 0 Å². The average molecular weight is 317 g/mol. The average Bonchev–Trinajstić information content (AvgIpc) is 2.55. The van der Waals surface area contributed by atoms with Gasteiger partial charge in [-0.25, -0.2) is 4.79 Å². The van der Waals surface area contributed by atoms with E-state index in [1.54, 1.807) is 13.0 Å². The molecule has 0 bridgehead atoms. The van der Waals surface area contributed by atoms with E-state index in [2.05, 4.69) is 11.4 Å². The summed E-state index contributed by atoms with van der Waals surface area (Å²) in [6, 6.07) is 3.71. The number of rotatable bonds is 6. The highest BCUT2D eigenvalue weighted by Crippen LogP contribution is 2.27. The molecule has 0 aromatic heterocycles. The normalized spacial score (nSPS) is 10.3. The van der Waals surface area contributed by atoms with Crippen LogP contribution in [0.5, 0.6) is 0 Å². The maximum atomic E-state index is 12.3. The SMILES string of the molecule is CCN(CC)CC(=O)Nc1c(C(=O)OC)cc(C)c(C)c1C#N. The van der Waals surface area contributed by atoms with Crippen molar-refractivity contribution in [3.05, 3.63) is 28.3 Å². The third kappa shape index (κ3) is 4.30. The molecular weight excluding hydrogens is 294 g/mol. The van der Waals surface area contributed by atoms with Crippen LogP contribution in [0.1, 0.15) is 40.9 Å². The van der Waals surface area contributed by atoms with E-state index in [4.69, 9.17) is 4.74 Å². The Balaban J connectivity index is 3.27. The standard InChI is InChI=1S/C17H23N3O3/c1-6-20(7-2)10-15(21)19-16-13(17(22)23-5)8-11(3)12(4)14(16)9-18/h8H,6-7,10H2,1-5H3,(H,19,21). The van der Waals surface area contributed by atoms with Gasteiger partial charge in [0.25, 0.3) is 0 Å². The van der Waals surface area contributed by atoms with Gasteiger partial charge in [-0.3, -0.25) is 9.69 Å². The van der Waals surface area contributed by atoms with Gasteiger partial charge in [0.2, 0.25) is 5.91 Å². The third-order valence-electron chi connectivity index (χ3n) is 3.89. The van der Waals surface area contributed by atoms with Crippen LogP contribution >= 0.6 is 0 Å². The minimum atomic E-state index is -0.581. The summed E-state index contributed by atoms with van der Waals surface area (Å²) in [5.41, 5.74) is 2.24. The molecule has 0 fully saturated rings. The van der Waals surface area contributed by atoms with Gasteiger partial charge in [-0.2, -0.15) is 5.26 Å². The van der Waals surface area contributed by atoms with Crippen molar-refractivity contribution in [3.63, 3.8) is 0 Å². The number of aryl methyl sites for hydroxylation is 1. The molecule has 0 spiro atoms. The number of esters is 1. The summed E-state index contributed by atoms with van der Waals surface area (Å²) in [6.45, 7) is 9.21. The molecule has 6 nitrogen and oxygen atoms in total. The van der Waals surface area contributed by atoms with Crippen molar-refractivity contribution < 1.29 is 14.3 Å². The number of anilines is 1. The van der Waals surface area contributed by atoms with E-state index in [9.17, 15) is 14.9 Å². The monoisotopic (exact) mass is 317 g/mol. The quantitative estimate of drug-likeness (QED) is 0.814. The van der Waals surface area contributed by atoms with Crippen molar-refractivity contribution in [1.82, 2.24) is 4.90 Å². The van der Waals surface area contributed by atoms with E-state index in [1.165, 1.54) is 7.11 Å². The molecule has 1 aromatic rings. The van der Waals surface area contributed by atoms with Crippen LogP contribution in [-0.2, 0) is 9.53 Å². The first-order chi connectivity index (χ1) is 10.9. The predicted molar refractivity (Wildman–Crippen MR) is 88.4 cm³/mol. The molecule has 0 heterocycles. The Bertz CT molecular complexity index is 643. The fourth-order valence-electron chi connectivity index (χ4n) is 2.29. The lowest BCUT2D eigenvalue weighted by Gasteiger charge is -2.19. The van der Waals surface area contributed by atoms with Crippen LogP contribution in [0.25, 0.3) is 0 Å². The molecule has 1 aromatic carbocycles. The van der Waals surface area contributed by atoms with Gasteiger partial charge in [0.1, 0.15) is 6.07 Å². The predicted octanol–water partition coefficient (Wildman–Crippen LogP) is 2.24. The minimum absolute atomic E-state index is 0.194. The molecule has 6 heteroatoms. The smallest absolute Gasteiger partial charge is 0.340 e. The first kappa shape index (κ1) is 18.7. The number of methoxy groups -OCH3 is 1. The summed E-state index contributed by atoms with van der Waals surface area (Å²) >= 11 is 0. The molecule has 0 aliphatic heterocycles. The van der Waals surface area contributed by atoms with Gasteiger partial charge < -0.3 is 10.1 Å². The number of benzene rings is 1. The summed E-state index contributed by atoms with van der Waals surface area (Å²) in [5, 5.41) is 12.1. The fraction of sp³-hybridized carbons (Fsp3) is 0.471. The van der Waals surface area contributed by atoms with E-state index >= 15 is 0 Å². The highest BCUT2D eigenvalue weighted by Gasteiger charge is 2.21. The second-order valence-corrected chi connectivity index (χ2v) is 5.23. The molecule has 124 valence electrons. The number of amides is 1. The molecule has 0 aliphatic rings. The van der Waals surface area contributed by atoms with Crippen molar-refractivity contribution in [2.45, 2.75) is 27.7 Å². The van der Waals surface area contributed by atoms with Crippen LogP contribution in [0.2, 0.25) is 0 Å². The van der Waals surface area contributed by atoms with Crippen molar-refractivity contribution >= 4 is 17.6 Å². The van der Waals surface area contributed by atoms with E-state index < -0.39 is 5.97 Å². The number of nitriles is 1. The summed E-state index contributed by atoms with van der Waals surface area (Å²) in [4.78, 5) is 26.2. The first-order valence-corrected chi connectivity index (χ1v) is 7.54. The van der Waals surface area contributed by atoms with Gasteiger partial charge in [-0.15, -0.1) is 0 Å². The first-order valence-electron chi connectivity index (χ1n) is 7.54. The lowest BCUT2D eigenvalue weighted by molar-refractivity contribution is -0.117. The zero-order valence-electron chi connectivity index (χ0n) is 14.3. The Morgan fingerprint density at radius 3 is 2.39 bits per heavy atom. The number of likely N-dealkylation sites (N-methyl/N-ethyl adjacent to an activating group) is 1. The summed E-state index contributed by atoms with van der Waals surface area (Å²) in [5.74, 6) is -0.846. The lowest BCUT2D eigenvalue weighted by Crippen LogP contribution is -2.33. The maximum Gasteiger partial charge on any atom is 0.340 e. The van der Waals surface area contributed by atoms with Gasteiger partial charge in [0.05, 0.1) is 30.5 Å². The van der Waals surface area contributed by atoms with Crippen LogP contribution in [0, 0.1) is 25.2 Å². The van der Waals surface area contributed by atoms with Gasteiger partial charge in [-0.1, -0.05) is 13.8 Å². The van der Waals surface area contributed by atoms with Gasteiger partial charge in [-0.05, 0) is 44.1 Å². The van der Waals surface area contributed by atoms with E-state index in [-0.39, 0.29) is 23.7 Å². The van der Waals surface area contributed by atoms with Crippen LogP contribution in [0.4, 0.5) is 5.69 Å². The Labute approximate surface area is 137 Å². The molecule has 0 unspecified atom stereocenters. The number of nitrogens with zero attached hydrogens (tertiary/aromatic N) is 2. The van der Waals surface area contributed by atoms with Crippen LogP contribution in [0.3, 0.4) is 0 Å². The zero-order valence-corrected chi connectivity index (χ0v) is 14.3. The number of nitrogens with one attached hydrogen (secondary N) is 1. The Hall–Kier alpha value is -2.39. The van der Waals surface area contributed by atoms with Crippen LogP contribution < -0.4 is 5.32 Å². The molecule has 1 N–H and O–H groups in total. The fourth-order valence-corrected chi connectivity index (χ4v) is 2.29. The van der Waals surface area contributed by atoms with Gasteiger partial charge >= 0.3 is 5.97 Å². The van der Waals surface area contributed by atoms with Crippen LogP contribution in [-0.4, -0.2) is 43.5 Å². The Kier molecular flexibility index (Phi) is 6.73. The summed E-state index contributed by atoms with van der Waals surface area (Å²) < 4.78 is 4.77. The molecule has 0 saturated heterocycles. The van der Waals surface area contributed by atoms with Crippen LogP contribution in [0.15, 0.2) is 6.07 Å². The topological polar surface area (TPSA) is 82.4 Å². The van der Waals surface area contributed by atoms with E-state index in [1.807, 2.05) is 25.7 Å². The third-order valence-corrected chi connectivity index (χ3v) is 3.89. The summed E-state index contributed by atoms with van der Waals surface area (Å²) in [7, 11) is 1.27. The number of hydrogen-bond donors (Lipinski definition) is 1. The second kappa shape index (κ2) is 8.30. The second-order valence-electron chi connectivity index (χ2n) is 5.23. The van der Waals surface area contributed by atoms with E-state index in [0.29, 0.717) is 5.56 Å². The highest BCUT2D eigenvalue weighted by molar-refractivity contribution is 6.04. The number of ether oxygens (including phenoxy) is 1. The molecule has 0 radical (unpaired) electrons. The molecule has 0 atom stereocenters. The largest absolute Gasteiger partial charge is 0.465 e. The highest BCUT2D eigenvalue weighted by atomic mass is 16.5. The van der Waals surface area contributed by atoms with Gasteiger partial charge in [0, 0.05) is 0 Å².